The Morgan fingerprint density at radius 2 is 1.39 bits per heavy atom. The van der Waals surface area contributed by atoms with Gasteiger partial charge in [-0.15, -0.1) is 0 Å². The largest absolute Gasteiger partial charge is 0.489 e. The minimum Gasteiger partial charge on any atom is -0.489 e. The van der Waals surface area contributed by atoms with Gasteiger partial charge >= 0.3 is 5.97 Å². The standard InChI is InChI=1S/C25H26O3/c26-25(27)24(14-8-7-11-20-9-3-1-4-10-20)22-15-17-23(18-16-22)28-19-21-12-5-2-6-13-21/h1-6,9-10,12-13,15-18,24H,7-8,11,14,19H2,(H,26,27)/t24-/m1/s1. The molecule has 3 heteroatoms. The maximum atomic E-state index is 11.7. The fraction of sp³-hybridized carbons (Fsp3) is 0.240. The molecule has 28 heavy (non-hydrogen) atoms. The van der Waals surface area contributed by atoms with Crippen LogP contribution in [-0.4, -0.2) is 11.1 Å². The van der Waals surface area contributed by atoms with Crippen molar-refractivity contribution in [2.45, 2.75) is 38.2 Å². The van der Waals surface area contributed by atoms with Crippen LogP contribution in [0.3, 0.4) is 0 Å². The number of benzene rings is 3. The van der Waals surface area contributed by atoms with Gasteiger partial charge in [-0.1, -0.05) is 79.2 Å². The number of aryl methyl sites for hydroxylation is 1. The number of aliphatic carboxylic acids is 1. The smallest absolute Gasteiger partial charge is 0.310 e. The number of unbranched alkanes of at least 4 members (excludes halogenated alkanes) is 1. The van der Waals surface area contributed by atoms with Gasteiger partial charge in [-0.05, 0) is 48.1 Å². The lowest BCUT2D eigenvalue weighted by atomic mass is 9.92. The van der Waals surface area contributed by atoms with Gasteiger partial charge < -0.3 is 9.84 Å². The fourth-order valence-electron chi connectivity index (χ4n) is 3.29. The van der Waals surface area contributed by atoms with Crippen LogP contribution in [0.5, 0.6) is 5.75 Å². The molecule has 0 aliphatic heterocycles. The van der Waals surface area contributed by atoms with E-state index in [1.54, 1.807) is 0 Å². The first-order valence-corrected chi connectivity index (χ1v) is 9.76. The number of carbonyl (C=O) groups is 1. The zero-order valence-electron chi connectivity index (χ0n) is 16.0. The number of ether oxygens (including phenoxy) is 1. The van der Waals surface area contributed by atoms with Crippen LogP contribution in [0.15, 0.2) is 84.9 Å². The van der Waals surface area contributed by atoms with Gasteiger partial charge in [0, 0.05) is 0 Å². The summed E-state index contributed by atoms with van der Waals surface area (Å²) in [5.41, 5.74) is 3.24. The molecular weight excluding hydrogens is 348 g/mol. The van der Waals surface area contributed by atoms with E-state index >= 15 is 0 Å². The molecule has 1 atom stereocenters. The van der Waals surface area contributed by atoms with E-state index in [-0.39, 0.29) is 0 Å². The molecule has 0 heterocycles. The fourth-order valence-corrected chi connectivity index (χ4v) is 3.29. The summed E-state index contributed by atoms with van der Waals surface area (Å²) in [6.07, 6.45) is 3.51. The average Bonchev–Trinajstić information content (AvgIpc) is 2.74. The van der Waals surface area contributed by atoms with E-state index < -0.39 is 11.9 Å². The van der Waals surface area contributed by atoms with Crippen LogP contribution < -0.4 is 4.74 Å². The molecule has 3 rings (SSSR count). The van der Waals surface area contributed by atoms with E-state index in [1.165, 1.54) is 5.56 Å². The summed E-state index contributed by atoms with van der Waals surface area (Å²) in [4.78, 5) is 11.7. The normalized spacial score (nSPS) is 11.7. The van der Waals surface area contributed by atoms with E-state index in [2.05, 4.69) is 12.1 Å². The van der Waals surface area contributed by atoms with Crippen molar-refractivity contribution < 1.29 is 14.6 Å². The zero-order valence-corrected chi connectivity index (χ0v) is 16.0. The second-order valence-electron chi connectivity index (χ2n) is 6.97. The Hall–Kier alpha value is -3.07. The molecule has 0 aliphatic carbocycles. The van der Waals surface area contributed by atoms with Crippen molar-refractivity contribution in [1.82, 2.24) is 0 Å². The maximum Gasteiger partial charge on any atom is 0.310 e. The van der Waals surface area contributed by atoms with Crippen LogP contribution in [-0.2, 0) is 17.8 Å². The third kappa shape index (κ3) is 5.98. The number of hydrogen-bond acceptors (Lipinski definition) is 2. The Labute approximate surface area is 166 Å². The SMILES string of the molecule is O=C(O)[C@H](CCCCc1ccccc1)c1ccc(OCc2ccccc2)cc1. The van der Waals surface area contributed by atoms with Crippen LogP contribution in [0.2, 0.25) is 0 Å². The van der Waals surface area contributed by atoms with Crippen molar-refractivity contribution >= 4 is 5.97 Å². The molecule has 3 aromatic carbocycles. The molecule has 0 saturated carbocycles. The van der Waals surface area contributed by atoms with Gasteiger partial charge in [-0.3, -0.25) is 4.79 Å². The second-order valence-corrected chi connectivity index (χ2v) is 6.97. The summed E-state index contributed by atoms with van der Waals surface area (Å²) in [7, 11) is 0. The second kappa shape index (κ2) is 10.3. The van der Waals surface area contributed by atoms with Gasteiger partial charge in [0.2, 0.25) is 0 Å². The molecular formula is C25H26O3. The quantitative estimate of drug-likeness (QED) is 0.453. The summed E-state index contributed by atoms with van der Waals surface area (Å²) >= 11 is 0. The Morgan fingerprint density at radius 3 is 2.00 bits per heavy atom. The van der Waals surface area contributed by atoms with E-state index in [0.29, 0.717) is 13.0 Å². The molecule has 0 saturated heterocycles. The summed E-state index contributed by atoms with van der Waals surface area (Å²) in [5.74, 6) is -0.488. The summed E-state index contributed by atoms with van der Waals surface area (Å²) in [6, 6.07) is 27.8. The average molecular weight is 374 g/mol. The molecule has 1 N–H and O–H groups in total. The van der Waals surface area contributed by atoms with E-state index in [4.69, 9.17) is 4.74 Å². The molecule has 0 unspecified atom stereocenters. The molecule has 0 spiro atoms. The van der Waals surface area contributed by atoms with Gasteiger partial charge in [0.15, 0.2) is 0 Å². The zero-order chi connectivity index (χ0) is 19.6. The van der Waals surface area contributed by atoms with Crippen LogP contribution in [0.1, 0.15) is 41.9 Å². The number of rotatable bonds is 10. The molecule has 0 bridgehead atoms. The van der Waals surface area contributed by atoms with Crippen molar-refractivity contribution in [3.05, 3.63) is 102 Å². The number of hydrogen-bond donors (Lipinski definition) is 1. The highest BCUT2D eigenvalue weighted by Gasteiger charge is 2.19. The number of carboxylic acids is 1. The van der Waals surface area contributed by atoms with Crippen molar-refractivity contribution in [2.75, 3.05) is 0 Å². The van der Waals surface area contributed by atoms with Crippen molar-refractivity contribution in [3.8, 4) is 5.75 Å². The van der Waals surface area contributed by atoms with Crippen LogP contribution >= 0.6 is 0 Å². The van der Waals surface area contributed by atoms with Crippen molar-refractivity contribution in [3.63, 3.8) is 0 Å². The molecule has 3 aromatic rings. The number of carboxylic acid groups (broad SMARTS) is 1. The van der Waals surface area contributed by atoms with E-state index in [0.717, 1.165) is 36.1 Å². The highest BCUT2D eigenvalue weighted by atomic mass is 16.5. The van der Waals surface area contributed by atoms with Crippen molar-refractivity contribution in [1.29, 1.82) is 0 Å². The first kappa shape index (κ1) is 19.7. The summed E-state index contributed by atoms with van der Waals surface area (Å²) < 4.78 is 5.79. The van der Waals surface area contributed by atoms with Gasteiger partial charge in [0.05, 0.1) is 5.92 Å². The lowest BCUT2D eigenvalue weighted by Gasteiger charge is -2.14. The third-order valence-corrected chi connectivity index (χ3v) is 4.88. The molecule has 0 aliphatic rings. The highest BCUT2D eigenvalue weighted by Crippen LogP contribution is 2.25. The summed E-state index contributed by atoms with van der Waals surface area (Å²) in [6.45, 7) is 0.502. The van der Waals surface area contributed by atoms with E-state index in [9.17, 15) is 9.90 Å². The van der Waals surface area contributed by atoms with Crippen LogP contribution in [0, 0.1) is 0 Å². The first-order chi connectivity index (χ1) is 13.7. The molecule has 0 radical (unpaired) electrons. The molecule has 3 nitrogen and oxygen atoms in total. The predicted molar refractivity (Wildman–Crippen MR) is 112 cm³/mol. The first-order valence-electron chi connectivity index (χ1n) is 9.76. The minimum atomic E-state index is -0.766. The minimum absolute atomic E-state index is 0.473. The topological polar surface area (TPSA) is 46.5 Å². The van der Waals surface area contributed by atoms with Crippen molar-refractivity contribution in [2.24, 2.45) is 0 Å². The van der Waals surface area contributed by atoms with Gasteiger partial charge in [0.25, 0.3) is 0 Å². The summed E-state index contributed by atoms with van der Waals surface area (Å²) in [5, 5.41) is 9.63. The third-order valence-electron chi connectivity index (χ3n) is 4.88. The lowest BCUT2D eigenvalue weighted by Crippen LogP contribution is -2.11. The van der Waals surface area contributed by atoms with Crippen LogP contribution in [0.4, 0.5) is 0 Å². The van der Waals surface area contributed by atoms with Gasteiger partial charge in [-0.2, -0.15) is 0 Å². The predicted octanol–water partition coefficient (Wildman–Crippen LogP) is 5.85. The monoisotopic (exact) mass is 374 g/mol. The highest BCUT2D eigenvalue weighted by molar-refractivity contribution is 5.76. The van der Waals surface area contributed by atoms with Crippen LogP contribution in [0.25, 0.3) is 0 Å². The molecule has 0 fully saturated rings. The Bertz CT molecular complexity index is 842. The molecule has 144 valence electrons. The maximum absolute atomic E-state index is 11.7. The Kier molecular flexibility index (Phi) is 7.25. The Balaban J connectivity index is 1.51. The van der Waals surface area contributed by atoms with E-state index in [1.807, 2.05) is 72.8 Å². The molecule has 0 amide bonds. The lowest BCUT2D eigenvalue weighted by molar-refractivity contribution is -0.139. The van der Waals surface area contributed by atoms with Gasteiger partial charge in [-0.25, -0.2) is 0 Å². The van der Waals surface area contributed by atoms with Gasteiger partial charge in [0.1, 0.15) is 12.4 Å². The molecule has 0 aromatic heterocycles. The Morgan fingerprint density at radius 1 is 0.786 bits per heavy atom.